The van der Waals surface area contributed by atoms with Crippen LogP contribution in [0.25, 0.3) is 59.6 Å². The molecule has 0 aliphatic rings. The number of nitrogens with one attached hydrogen (secondary N) is 1. The van der Waals surface area contributed by atoms with Crippen LogP contribution in [0.15, 0.2) is 268 Å². The molecule has 0 aliphatic carbocycles. The van der Waals surface area contributed by atoms with Gasteiger partial charge in [-0.25, -0.2) is 14.5 Å². The summed E-state index contributed by atoms with van der Waals surface area (Å²) in [6, 6.07) is 63.0. The first-order valence-corrected chi connectivity index (χ1v) is 40.2. The molecule has 20 nitrogen and oxygen atoms in total. The Bertz CT molecular complexity index is 5700. The van der Waals surface area contributed by atoms with E-state index in [1.165, 1.54) is 57.0 Å². The van der Waals surface area contributed by atoms with Crippen LogP contribution in [0.1, 0.15) is 51.4 Å². The quantitative estimate of drug-likeness (QED) is 0.0233. The van der Waals surface area contributed by atoms with E-state index in [0.29, 0.717) is 51.4 Å². The van der Waals surface area contributed by atoms with Gasteiger partial charge in [0.25, 0.3) is 45.0 Å². The van der Waals surface area contributed by atoms with Gasteiger partial charge in [-0.05, 0) is 82.9 Å². The molecule has 0 spiro atoms. The van der Waals surface area contributed by atoms with E-state index in [4.69, 9.17) is 49.0 Å². The average molecular weight is 1750 g/mol. The second kappa shape index (κ2) is 40.6. The van der Waals surface area contributed by atoms with Gasteiger partial charge in [-0.3, -0.25) is 34.1 Å². The molecule has 596 valence electrons. The van der Waals surface area contributed by atoms with E-state index in [0.717, 1.165) is 45.5 Å². The molecular formula is C81H61Cl2F12N11O9Sn. The topological polar surface area (TPSA) is 288 Å². The predicted octanol–water partition coefficient (Wildman–Crippen LogP) is 18.4. The van der Waals surface area contributed by atoms with Gasteiger partial charge in [-0.2, -0.15) is 52.7 Å². The van der Waals surface area contributed by atoms with Crippen molar-refractivity contribution in [1.29, 1.82) is 0 Å². The van der Waals surface area contributed by atoms with Crippen LogP contribution in [0.2, 0.25) is 0 Å². The molecule has 9 N–H and O–H groups in total. The number of benzene rings is 8. The second-order valence-corrected chi connectivity index (χ2v) is 28.5. The number of nitrogen functional groups attached to an aromatic ring is 2. The molecule has 1 amide bonds. The number of alkyl halides is 12. The molecule has 4 heterocycles. The molecule has 12 aromatic rings. The molecule has 0 atom stereocenters. The van der Waals surface area contributed by atoms with E-state index in [-0.39, 0.29) is 77.1 Å². The zero-order valence-corrected chi connectivity index (χ0v) is 64.2. The van der Waals surface area contributed by atoms with Crippen molar-refractivity contribution in [1.82, 2.24) is 18.3 Å². The summed E-state index contributed by atoms with van der Waals surface area (Å²) in [6.07, 6.45) is -19.2. The molecule has 0 fully saturated rings. The number of aromatic nitrogens is 4. The zero-order valence-electron chi connectivity index (χ0n) is 59.9. The third kappa shape index (κ3) is 24.0. The summed E-state index contributed by atoms with van der Waals surface area (Å²) in [5, 5.41) is 13.7. The van der Waals surface area contributed by atoms with Gasteiger partial charge in [0.1, 0.15) is 0 Å². The maximum absolute atomic E-state index is 13.5. The van der Waals surface area contributed by atoms with Gasteiger partial charge >= 0.3 is 61.4 Å². The Morgan fingerprint density at radius 2 is 0.716 bits per heavy atom. The number of non-ortho nitro benzene ring substituents is 1. The fraction of sp³-hybridized carbons (Fsp3) is 0.111. The first-order valence-electron chi connectivity index (χ1n) is 33.0. The number of amides is 1. The van der Waals surface area contributed by atoms with E-state index in [1.54, 1.807) is 170 Å². The summed E-state index contributed by atoms with van der Waals surface area (Å²) in [7, 11) is 9.87. The number of hydrogen-bond acceptors (Lipinski definition) is 9. The number of anilines is 3. The summed E-state index contributed by atoms with van der Waals surface area (Å²) in [5.41, 5.74) is 4.80. The van der Waals surface area contributed by atoms with Crippen molar-refractivity contribution in [3.8, 4) is 45.0 Å². The van der Waals surface area contributed by atoms with Gasteiger partial charge in [0.05, 0.1) is 59.1 Å². The minimum atomic E-state index is -4.93. The number of pyridine rings is 4. The molecule has 8 aromatic carbocycles. The molecule has 0 saturated carbocycles. The molecule has 0 bridgehead atoms. The Morgan fingerprint density at radius 1 is 0.422 bits per heavy atom. The summed E-state index contributed by atoms with van der Waals surface area (Å²) in [4.78, 5) is 81.1. The summed E-state index contributed by atoms with van der Waals surface area (Å²) >= 11 is -0.826. The molecule has 116 heavy (non-hydrogen) atoms. The summed E-state index contributed by atoms with van der Waals surface area (Å²) in [6.45, 7) is 22.7. The van der Waals surface area contributed by atoms with Crippen LogP contribution >= 0.6 is 17.8 Å². The Labute approximate surface area is 668 Å². The van der Waals surface area contributed by atoms with Crippen molar-refractivity contribution in [2.45, 2.75) is 57.8 Å². The van der Waals surface area contributed by atoms with E-state index < -0.39 is 110 Å². The normalized spacial score (nSPS) is 10.9. The van der Waals surface area contributed by atoms with Crippen molar-refractivity contribution in [3.05, 3.63) is 379 Å². The predicted molar refractivity (Wildman–Crippen MR) is 420 cm³/mol. The summed E-state index contributed by atoms with van der Waals surface area (Å²) in [5.74, 6) is -0.303. The number of hydrogen-bond donors (Lipinski definition) is 3. The van der Waals surface area contributed by atoms with E-state index in [9.17, 15) is 86.8 Å². The number of carbonyl (C=O) groups is 1. The molecular weight excluding hydrogens is 1690 g/mol. The zero-order chi connectivity index (χ0) is 83.4. The van der Waals surface area contributed by atoms with Crippen LogP contribution < -0.4 is 39.0 Å². The Hall–Kier alpha value is -13.0. The van der Waals surface area contributed by atoms with E-state index in [1.807, 2.05) is 6.07 Å². The third-order valence-corrected chi connectivity index (χ3v) is 16.5. The number of rotatable bonds is 14. The van der Waals surface area contributed by atoms with Crippen molar-refractivity contribution in [2.24, 2.45) is 0 Å². The van der Waals surface area contributed by atoms with Crippen LogP contribution in [-0.4, -0.2) is 58.9 Å². The average Bonchev–Trinajstić information content (AvgIpc) is 0.774. The van der Waals surface area contributed by atoms with Gasteiger partial charge in [0, 0.05) is 101 Å². The SMILES string of the molecule is CC(=O)Nc1cccc(-c2cc(C(F)(F)F)cc(=O)n2Cc2ccccc2)c1.O.O.[C-]#[N+]c1c(C(F)(F)F)cc(-c2cccc(N)c2)n(Cc2ccccc2)c1=O.[C-]#[N+]c1c(C(F)(F)F)cc(-c2cccc(N)c2)n(Cc2ccccc2)c1=O.[C-]#[N+]c1c(C(F)(F)F)cc(-c2cccc([N+](=O)[O-])c2)n(Cc2ccccc2)c1=O.[Cl][Sn][Cl]. The van der Waals surface area contributed by atoms with Crippen LogP contribution in [0.5, 0.6) is 0 Å². The van der Waals surface area contributed by atoms with Gasteiger partial charge in [0.2, 0.25) is 5.91 Å². The van der Waals surface area contributed by atoms with Crippen molar-refractivity contribution in [3.63, 3.8) is 0 Å². The fourth-order valence-corrected chi connectivity index (χ4v) is 11.4. The van der Waals surface area contributed by atoms with Crippen molar-refractivity contribution >= 4 is 82.5 Å². The number of nitrogens with zero attached hydrogens (tertiary/aromatic N) is 8. The Balaban J connectivity index is 0.000000236. The van der Waals surface area contributed by atoms with E-state index >= 15 is 0 Å². The second-order valence-electron chi connectivity index (χ2n) is 24.3. The molecule has 4 aromatic heterocycles. The van der Waals surface area contributed by atoms with E-state index in [2.05, 4.69) is 19.9 Å². The van der Waals surface area contributed by atoms with Crippen LogP contribution in [0.3, 0.4) is 0 Å². The molecule has 0 unspecified atom stereocenters. The first-order chi connectivity index (χ1) is 54.0. The molecule has 12 rings (SSSR count). The number of nitro groups is 1. The number of halogens is 14. The molecule has 35 heteroatoms. The third-order valence-electron chi connectivity index (χ3n) is 16.5. The molecule has 2 radical (unpaired) electrons. The van der Waals surface area contributed by atoms with Gasteiger partial charge < -0.3 is 46.0 Å². The Morgan fingerprint density at radius 3 is 1.01 bits per heavy atom. The number of nitrogens with two attached hydrogens (primary N) is 2. The Kier molecular flexibility index (Phi) is 32.2. The fourth-order valence-electron chi connectivity index (χ4n) is 11.4. The minimum absolute atomic E-state index is 0. The van der Waals surface area contributed by atoms with Gasteiger partial charge in [0.15, 0.2) is 0 Å². The van der Waals surface area contributed by atoms with Gasteiger partial charge in [-0.15, -0.1) is 0 Å². The van der Waals surface area contributed by atoms with Crippen molar-refractivity contribution in [2.75, 3.05) is 16.8 Å². The summed E-state index contributed by atoms with van der Waals surface area (Å²) < 4.78 is 165. The van der Waals surface area contributed by atoms with Crippen LogP contribution in [0, 0.1) is 29.8 Å². The van der Waals surface area contributed by atoms with Crippen molar-refractivity contribution < 1.29 is 73.4 Å². The monoisotopic (exact) mass is 1750 g/mol. The van der Waals surface area contributed by atoms with Gasteiger partial charge in [-0.1, -0.05) is 170 Å². The van der Waals surface area contributed by atoms with Crippen LogP contribution in [-0.2, 0) is 55.7 Å². The number of carbonyl (C=O) groups excluding carboxylic acids is 1. The molecule has 0 saturated heterocycles. The number of nitro benzene ring substituents is 1. The molecule has 0 aliphatic heterocycles. The maximum atomic E-state index is 13.5. The first kappa shape index (κ1) is 91.8. The standard InChI is InChI=1S/C21H17F3N2O2.C20H12F3N3O3.2C20H14F3N3O.2ClH.2H2O.Sn/c1-14(27)25-18-9-5-8-16(10-18)19-11-17(21(22,23)24)12-20(28)26(19)13-15-6-3-2-4-7-15;1-24-18-16(20(21,22)23)11-17(14-8-5-9-15(10-14)26(28)29)25(19(18)27)12-13-6-3-2-4-7-13;2*1-25-18-16(20(21,22)23)11-17(14-8-5-9-15(24)10-14)26(19(18)27)12-13-6-3-2-4-7-13;;;;;/h2-12H,13H2,1H3,(H,25,27);2-11H,12H2;2*2-11H,12,24H2;2*1H;2*1H2;/q;;;;;;;;+2/p-2. The van der Waals surface area contributed by atoms with Crippen LogP contribution in [0.4, 0.5) is 92.5 Å².